The predicted octanol–water partition coefficient (Wildman–Crippen LogP) is 2.36. The number of aliphatic imine (C=N–C) groups is 1. The van der Waals surface area contributed by atoms with Gasteiger partial charge in [-0.1, -0.05) is 13.8 Å². The summed E-state index contributed by atoms with van der Waals surface area (Å²) in [5, 5.41) is 14.2. The molecule has 0 bridgehead atoms. The Balaban J connectivity index is 2.01. The van der Waals surface area contributed by atoms with Crippen LogP contribution >= 0.6 is 11.3 Å². The van der Waals surface area contributed by atoms with Crippen molar-refractivity contribution < 1.29 is 0 Å². The fraction of sp³-hybridized carbons (Fsp3) is 0.611. The van der Waals surface area contributed by atoms with Crippen LogP contribution in [0.25, 0.3) is 0 Å². The average molecular weight is 378 g/mol. The minimum Gasteiger partial charge on any atom is -0.357 e. The fourth-order valence-electron chi connectivity index (χ4n) is 2.56. The summed E-state index contributed by atoms with van der Waals surface area (Å²) < 4.78 is 1.83. The number of aromatic nitrogens is 3. The van der Waals surface area contributed by atoms with E-state index in [1.807, 2.05) is 17.9 Å². The second-order valence-corrected chi connectivity index (χ2v) is 7.77. The maximum atomic E-state index is 4.69. The molecule has 0 fully saturated rings. The first-order valence-electron chi connectivity index (χ1n) is 9.02. The molecule has 0 spiro atoms. The number of thiazole rings is 1. The fourth-order valence-corrected chi connectivity index (χ4v) is 3.43. The maximum absolute atomic E-state index is 4.69. The lowest BCUT2D eigenvalue weighted by Crippen LogP contribution is -2.41. The van der Waals surface area contributed by atoms with Gasteiger partial charge in [0.15, 0.2) is 5.96 Å². The molecule has 26 heavy (non-hydrogen) atoms. The van der Waals surface area contributed by atoms with E-state index in [1.54, 1.807) is 11.3 Å². The van der Waals surface area contributed by atoms with E-state index >= 15 is 0 Å². The topological polar surface area (TPSA) is 70.4 Å². The van der Waals surface area contributed by atoms with Crippen molar-refractivity contribution in [2.24, 2.45) is 12.0 Å². The van der Waals surface area contributed by atoms with Gasteiger partial charge in [-0.05, 0) is 26.9 Å². The van der Waals surface area contributed by atoms with Crippen molar-refractivity contribution in [3.8, 4) is 0 Å². The largest absolute Gasteiger partial charge is 0.357 e. The van der Waals surface area contributed by atoms with Crippen molar-refractivity contribution in [2.45, 2.75) is 39.3 Å². The van der Waals surface area contributed by atoms with Gasteiger partial charge < -0.3 is 15.5 Å². The molecule has 7 nitrogen and oxygen atoms in total. The lowest BCUT2D eigenvalue weighted by Gasteiger charge is -2.24. The van der Waals surface area contributed by atoms with Crippen molar-refractivity contribution in [1.82, 2.24) is 30.3 Å². The van der Waals surface area contributed by atoms with Gasteiger partial charge >= 0.3 is 0 Å². The zero-order valence-corrected chi connectivity index (χ0v) is 17.5. The minimum absolute atomic E-state index is 0.222. The van der Waals surface area contributed by atoms with Gasteiger partial charge in [0.2, 0.25) is 0 Å². The Morgan fingerprint density at radius 2 is 2.12 bits per heavy atom. The third kappa shape index (κ3) is 5.81. The summed E-state index contributed by atoms with van der Waals surface area (Å²) in [4.78, 5) is 11.5. The van der Waals surface area contributed by atoms with Gasteiger partial charge in [-0.3, -0.25) is 4.68 Å². The molecule has 0 saturated carbocycles. The lowest BCUT2D eigenvalue weighted by atomic mass is 10.1. The smallest absolute Gasteiger partial charge is 0.191 e. The Labute approximate surface area is 160 Å². The number of aryl methyl sites for hydroxylation is 1. The predicted molar refractivity (Wildman–Crippen MR) is 109 cm³/mol. The maximum Gasteiger partial charge on any atom is 0.191 e. The summed E-state index contributed by atoms with van der Waals surface area (Å²) in [6.07, 6.45) is 3.97. The van der Waals surface area contributed by atoms with Gasteiger partial charge in [-0.15, -0.1) is 11.3 Å². The molecule has 1 atom stereocenters. The van der Waals surface area contributed by atoms with Crippen LogP contribution < -0.4 is 10.6 Å². The van der Waals surface area contributed by atoms with Gasteiger partial charge in [0.1, 0.15) is 5.01 Å². The van der Waals surface area contributed by atoms with Crippen LogP contribution in [0.3, 0.4) is 0 Å². The molecule has 2 rings (SSSR count). The lowest BCUT2D eigenvalue weighted by molar-refractivity contribution is 0.298. The van der Waals surface area contributed by atoms with Crippen LogP contribution in [0.15, 0.2) is 22.8 Å². The highest BCUT2D eigenvalue weighted by atomic mass is 32.1. The SMILES string of the molecule is CCNC(=NCc1nc(C(C)C)cs1)NCC(c1cnn(C)c1)N(C)C. The van der Waals surface area contributed by atoms with Crippen molar-refractivity contribution in [3.63, 3.8) is 0 Å². The van der Waals surface area contributed by atoms with E-state index in [9.17, 15) is 0 Å². The van der Waals surface area contributed by atoms with E-state index in [0.29, 0.717) is 12.5 Å². The molecule has 144 valence electrons. The molecular formula is C18H31N7S. The molecular weight excluding hydrogens is 346 g/mol. The molecule has 0 radical (unpaired) electrons. The molecule has 0 aliphatic heterocycles. The number of nitrogens with one attached hydrogen (secondary N) is 2. The molecule has 2 aromatic rings. The molecule has 0 saturated heterocycles. The highest BCUT2D eigenvalue weighted by Crippen LogP contribution is 2.18. The van der Waals surface area contributed by atoms with Crippen molar-refractivity contribution in [2.75, 3.05) is 27.2 Å². The summed E-state index contributed by atoms with van der Waals surface area (Å²) in [6, 6.07) is 0.222. The molecule has 2 aromatic heterocycles. The first-order chi connectivity index (χ1) is 12.4. The summed E-state index contributed by atoms with van der Waals surface area (Å²) >= 11 is 1.67. The van der Waals surface area contributed by atoms with Crippen LogP contribution in [0.1, 0.15) is 49.0 Å². The molecule has 2 N–H and O–H groups in total. The van der Waals surface area contributed by atoms with E-state index in [-0.39, 0.29) is 6.04 Å². The van der Waals surface area contributed by atoms with Crippen LogP contribution in [0.2, 0.25) is 0 Å². The summed E-state index contributed by atoms with van der Waals surface area (Å²) in [6.45, 7) is 8.55. The van der Waals surface area contributed by atoms with Crippen molar-refractivity contribution >= 4 is 17.3 Å². The number of guanidine groups is 1. The number of rotatable bonds is 8. The molecule has 0 aromatic carbocycles. The first kappa shape index (κ1) is 20.4. The number of nitrogens with zero attached hydrogens (tertiary/aromatic N) is 5. The third-order valence-corrected chi connectivity index (χ3v) is 4.93. The second kappa shape index (κ2) is 9.68. The highest BCUT2D eigenvalue weighted by molar-refractivity contribution is 7.09. The van der Waals surface area contributed by atoms with E-state index in [4.69, 9.17) is 0 Å². The molecule has 0 aliphatic carbocycles. The number of hydrogen-bond acceptors (Lipinski definition) is 5. The third-order valence-electron chi connectivity index (χ3n) is 4.07. The van der Waals surface area contributed by atoms with Crippen LogP contribution in [0, 0.1) is 0 Å². The van der Waals surface area contributed by atoms with Crippen LogP contribution in [0.4, 0.5) is 0 Å². The quantitative estimate of drug-likeness (QED) is 0.546. The highest BCUT2D eigenvalue weighted by Gasteiger charge is 2.16. The van der Waals surface area contributed by atoms with Gasteiger partial charge in [0.25, 0.3) is 0 Å². The second-order valence-electron chi connectivity index (χ2n) is 6.82. The Morgan fingerprint density at radius 1 is 1.35 bits per heavy atom. The minimum atomic E-state index is 0.222. The molecule has 1 unspecified atom stereocenters. The number of hydrogen-bond donors (Lipinski definition) is 2. The van der Waals surface area contributed by atoms with E-state index in [1.165, 1.54) is 5.56 Å². The summed E-state index contributed by atoms with van der Waals surface area (Å²) in [5.74, 6) is 1.26. The Kier molecular flexibility index (Phi) is 7.59. The molecule has 2 heterocycles. The Bertz CT molecular complexity index is 702. The molecule has 0 amide bonds. The van der Waals surface area contributed by atoms with Gasteiger partial charge in [0.05, 0.1) is 24.5 Å². The Hall–Kier alpha value is -1.93. The monoisotopic (exact) mass is 377 g/mol. The van der Waals surface area contributed by atoms with Crippen molar-refractivity contribution in [3.05, 3.63) is 34.0 Å². The zero-order valence-electron chi connectivity index (χ0n) is 16.7. The summed E-state index contributed by atoms with van der Waals surface area (Å²) in [7, 11) is 6.09. The normalized spacial score (nSPS) is 13.5. The van der Waals surface area contributed by atoms with Crippen LogP contribution in [-0.2, 0) is 13.6 Å². The number of likely N-dealkylation sites (N-methyl/N-ethyl adjacent to an activating group) is 1. The van der Waals surface area contributed by atoms with Crippen molar-refractivity contribution in [1.29, 1.82) is 0 Å². The van der Waals surface area contributed by atoms with Crippen LogP contribution in [0.5, 0.6) is 0 Å². The van der Waals surface area contributed by atoms with E-state index < -0.39 is 0 Å². The zero-order chi connectivity index (χ0) is 19.1. The van der Waals surface area contributed by atoms with Crippen LogP contribution in [-0.4, -0.2) is 52.8 Å². The first-order valence-corrected chi connectivity index (χ1v) is 9.90. The van der Waals surface area contributed by atoms with Gasteiger partial charge in [-0.25, -0.2) is 9.98 Å². The van der Waals surface area contributed by atoms with E-state index in [2.05, 4.69) is 77.1 Å². The average Bonchev–Trinajstić information content (AvgIpc) is 3.21. The van der Waals surface area contributed by atoms with Gasteiger partial charge in [-0.2, -0.15) is 5.10 Å². The van der Waals surface area contributed by atoms with E-state index in [0.717, 1.165) is 29.8 Å². The molecule has 0 aliphatic rings. The summed E-state index contributed by atoms with van der Waals surface area (Å²) in [5.41, 5.74) is 2.32. The standard InChI is InChI=1S/C18H31N7S/c1-7-19-18(21-10-17-23-15(12-26-17)13(2)3)20-9-16(24(4)5)14-8-22-25(6)11-14/h8,11-13,16H,7,9-10H2,1-6H3,(H2,19,20,21). The molecule has 8 heteroatoms. The Morgan fingerprint density at radius 3 is 2.65 bits per heavy atom. The van der Waals surface area contributed by atoms with Gasteiger partial charge in [0, 0.05) is 37.3 Å².